The number of hydrogen-bond donors (Lipinski definition) is 1. The second-order valence-corrected chi connectivity index (χ2v) is 5.05. The molecular weight excluding hydrogens is 263 g/mol. The molecule has 2 rings (SSSR count). The van der Waals surface area contributed by atoms with Crippen LogP contribution in [-0.4, -0.2) is 30.7 Å². The molecule has 1 aliphatic heterocycles. The van der Waals surface area contributed by atoms with Crippen molar-refractivity contribution in [1.82, 2.24) is 5.32 Å². The van der Waals surface area contributed by atoms with Gasteiger partial charge in [0.1, 0.15) is 12.4 Å². The Morgan fingerprint density at radius 1 is 1.35 bits per heavy atom. The topological polar surface area (TPSA) is 66.5 Å². The number of benzene rings is 1. The van der Waals surface area contributed by atoms with Gasteiger partial charge in [0.05, 0.1) is 11.3 Å². The zero-order valence-electron chi connectivity index (χ0n) is 11.3. The van der Waals surface area contributed by atoms with E-state index in [0.29, 0.717) is 6.54 Å². The van der Waals surface area contributed by atoms with E-state index in [-0.39, 0.29) is 23.7 Å². The van der Waals surface area contributed by atoms with Crippen molar-refractivity contribution in [2.75, 3.05) is 18.0 Å². The molecule has 1 heterocycles. The first-order valence-corrected chi connectivity index (χ1v) is 6.33. The lowest BCUT2D eigenvalue weighted by molar-refractivity contribution is -0.122. The van der Waals surface area contributed by atoms with Gasteiger partial charge in [-0.25, -0.2) is 4.39 Å². The molecule has 0 bridgehead atoms. The average Bonchev–Trinajstić information content (AvgIpc) is 2.63. The van der Waals surface area contributed by atoms with Crippen molar-refractivity contribution in [1.29, 1.82) is 0 Å². The van der Waals surface area contributed by atoms with Gasteiger partial charge in [0.15, 0.2) is 0 Å². The van der Waals surface area contributed by atoms with Crippen LogP contribution in [0, 0.1) is 11.7 Å². The Hall–Kier alpha value is -2.24. The van der Waals surface area contributed by atoms with Gasteiger partial charge in [-0.05, 0) is 18.1 Å². The minimum Gasteiger partial charge on any atom is -0.354 e. The van der Waals surface area contributed by atoms with Crippen molar-refractivity contribution < 1.29 is 18.8 Å². The molecule has 5 nitrogen and oxygen atoms in total. The van der Waals surface area contributed by atoms with E-state index in [1.807, 2.05) is 13.8 Å². The smallest absolute Gasteiger partial charge is 0.300 e. The summed E-state index contributed by atoms with van der Waals surface area (Å²) in [5.74, 6) is -2.49. The number of rotatable bonds is 4. The van der Waals surface area contributed by atoms with Gasteiger partial charge in [-0.15, -0.1) is 0 Å². The lowest BCUT2D eigenvalue weighted by Crippen LogP contribution is -2.41. The van der Waals surface area contributed by atoms with Crippen LogP contribution in [0.4, 0.5) is 10.1 Å². The third kappa shape index (κ3) is 2.54. The summed E-state index contributed by atoms with van der Waals surface area (Å²) >= 11 is 0. The molecule has 6 heteroatoms. The molecule has 1 aliphatic rings. The molecule has 0 unspecified atom stereocenters. The highest BCUT2D eigenvalue weighted by atomic mass is 19.1. The lowest BCUT2D eigenvalue weighted by Gasteiger charge is -2.17. The average molecular weight is 278 g/mol. The molecule has 106 valence electrons. The zero-order valence-corrected chi connectivity index (χ0v) is 11.3. The summed E-state index contributed by atoms with van der Waals surface area (Å²) in [6, 6.07) is 3.90. The molecule has 0 aliphatic carbocycles. The molecule has 0 saturated carbocycles. The van der Waals surface area contributed by atoms with E-state index in [1.165, 1.54) is 12.1 Å². The quantitative estimate of drug-likeness (QED) is 0.839. The van der Waals surface area contributed by atoms with Gasteiger partial charge < -0.3 is 5.32 Å². The molecule has 0 spiro atoms. The molecule has 0 atom stereocenters. The fourth-order valence-electron chi connectivity index (χ4n) is 1.98. The van der Waals surface area contributed by atoms with Gasteiger partial charge in [-0.1, -0.05) is 19.9 Å². The summed E-state index contributed by atoms with van der Waals surface area (Å²) in [6.07, 6.45) is 0. The van der Waals surface area contributed by atoms with Crippen LogP contribution in [0.1, 0.15) is 24.2 Å². The second-order valence-electron chi connectivity index (χ2n) is 5.05. The Balaban J connectivity index is 2.20. The van der Waals surface area contributed by atoms with Crippen LogP contribution in [0.15, 0.2) is 18.2 Å². The predicted molar refractivity (Wildman–Crippen MR) is 70.9 cm³/mol. The van der Waals surface area contributed by atoms with E-state index in [2.05, 4.69) is 5.32 Å². The van der Waals surface area contributed by atoms with E-state index in [9.17, 15) is 18.8 Å². The van der Waals surface area contributed by atoms with E-state index in [1.54, 1.807) is 0 Å². The van der Waals surface area contributed by atoms with Gasteiger partial charge in [0.25, 0.3) is 11.7 Å². The van der Waals surface area contributed by atoms with Crippen LogP contribution in [0.5, 0.6) is 0 Å². The molecule has 1 N–H and O–H groups in total. The number of anilines is 1. The largest absolute Gasteiger partial charge is 0.354 e. The third-order valence-corrected chi connectivity index (χ3v) is 2.95. The van der Waals surface area contributed by atoms with Crippen molar-refractivity contribution in [3.8, 4) is 0 Å². The predicted octanol–water partition coefficient (Wildman–Crippen LogP) is 1.13. The molecule has 2 amide bonds. The third-order valence-electron chi connectivity index (χ3n) is 2.95. The summed E-state index contributed by atoms with van der Waals surface area (Å²) in [5, 5.41) is 2.63. The first kappa shape index (κ1) is 14.2. The lowest BCUT2D eigenvalue weighted by atomic mass is 10.1. The summed E-state index contributed by atoms with van der Waals surface area (Å²) in [5.41, 5.74) is -0.103. The van der Waals surface area contributed by atoms with Crippen molar-refractivity contribution in [2.45, 2.75) is 13.8 Å². The number of carbonyl (C=O) groups excluding carboxylic acids is 3. The van der Waals surface area contributed by atoms with Gasteiger partial charge >= 0.3 is 0 Å². The normalized spacial score (nSPS) is 13.9. The van der Waals surface area contributed by atoms with E-state index in [4.69, 9.17) is 0 Å². The van der Waals surface area contributed by atoms with E-state index >= 15 is 0 Å². The van der Waals surface area contributed by atoms with Crippen LogP contribution >= 0.6 is 0 Å². The van der Waals surface area contributed by atoms with Crippen LogP contribution in [-0.2, 0) is 9.59 Å². The Bertz CT molecular complexity index is 584. The molecule has 1 aromatic carbocycles. The number of ketones is 1. The molecule has 0 saturated heterocycles. The maximum absolute atomic E-state index is 13.8. The number of amides is 2. The number of para-hydroxylation sites is 1. The van der Waals surface area contributed by atoms with Crippen LogP contribution < -0.4 is 10.2 Å². The number of nitrogens with zero attached hydrogens (tertiary/aromatic N) is 1. The van der Waals surface area contributed by atoms with Gasteiger partial charge in [-0.2, -0.15) is 0 Å². The number of Topliss-reactive ketones (excluding diaryl/α,β-unsaturated/α-hetero) is 1. The van der Waals surface area contributed by atoms with Gasteiger partial charge in [0.2, 0.25) is 5.91 Å². The van der Waals surface area contributed by atoms with E-state index in [0.717, 1.165) is 11.0 Å². The summed E-state index contributed by atoms with van der Waals surface area (Å²) in [6.45, 7) is 3.96. The Kier molecular flexibility index (Phi) is 3.83. The minimum atomic E-state index is -0.871. The van der Waals surface area contributed by atoms with Gasteiger partial charge in [0, 0.05) is 6.54 Å². The van der Waals surface area contributed by atoms with Crippen molar-refractivity contribution in [3.63, 3.8) is 0 Å². The van der Waals surface area contributed by atoms with Crippen LogP contribution in [0.2, 0.25) is 0 Å². The number of hydrogen-bond acceptors (Lipinski definition) is 3. The van der Waals surface area contributed by atoms with Crippen LogP contribution in [0.25, 0.3) is 0 Å². The van der Waals surface area contributed by atoms with E-state index < -0.39 is 23.4 Å². The molecule has 0 radical (unpaired) electrons. The highest BCUT2D eigenvalue weighted by molar-refractivity contribution is 6.52. The Morgan fingerprint density at radius 3 is 2.70 bits per heavy atom. The highest BCUT2D eigenvalue weighted by Crippen LogP contribution is 2.31. The number of nitrogens with one attached hydrogen (secondary N) is 1. The zero-order chi connectivity index (χ0) is 14.9. The van der Waals surface area contributed by atoms with Crippen molar-refractivity contribution in [2.24, 2.45) is 5.92 Å². The fourth-order valence-corrected chi connectivity index (χ4v) is 1.98. The monoisotopic (exact) mass is 278 g/mol. The molecule has 0 aromatic heterocycles. The first-order chi connectivity index (χ1) is 9.41. The second kappa shape index (κ2) is 5.40. The molecular formula is C14H15FN2O3. The molecule has 1 aromatic rings. The van der Waals surface area contributed by atoms with Gasteiger partial charge in [-0.3, -0.25) is 19.3 Å². The first-order valence-electron chi connectivity index (χ1n) is 6.33. The highest BCUT2D eigenvalue weighted by Gasteiger charge is 2.38. The maximum Gasteiger partial charge on any atom is 0.300 e. The van der Waals surface area contributed by atoms with Crippen LogP contribution in [0.3, 0.4) is 0 Å². The summed E-state index contributed by atoms with van der Waals surface area (Å²) in [4.78, 5) is 36.2. The molecule has 20 heavy (non-hydrogen) atoms. The van der Waals surface area contributed by atoms with Crippen molar-refractivity contribution in [3.05, 3.63) is 29.6 Å². The number of fused-ring (bicyclic) bond motifs is 1. The maximum atomic E-state index is 13.8. The summed E-state index contributed by atoms with van der Waals surface area (Å²) in [7, 11) is 0. The standard InChI is InChI=1S/C14H15FN2O3/c1-8(2)6-16-11(18)7-17-12-9(13(19)14(17)20)4-3-5-10(12)15/h3-5,8H,6-7H2,1-2H3,(H,16,18). The SMILES string of the molecule is CC(C)CNC(=O)CN1C(=O)C(=O)c2cccc(F)c21. The number of carbonyl (C=O) groups is 3. The molecule has 0 fully saturated rings. The fraction of sp³-hybridized carbons (Fsp3) is 0.357. The summed E-state index contributed by atoms with van der Waals surface area (Å²) < 4.78 is 13.8. The number of halogens is 1. The Morgan fingerprint density at radius 2 is 2.05 bits per heavy atom. The van der Waals surface area contributed by atoms with Crippen molar-refractivity contribution >= 4 is 23.3 Å². The Labute approximate surface area is 115 Å². The minimum absolute atomic E-state index is 0.00617.